The van der Waals surface area contributed by atoms with Gasteiger partial charge in [-0.15, -0.1) is 13.2 Å². The zero-order chi connectivity index (χ0) is 18.2. The topological polar surface area (TPSA) is 18.5 Å². The number of allylic oxidation sites excluding steroid dienone is 2. The molecule has 0 bridgehead atoms. The highest BCUT2D eigenvalue weighted by Gasteiger charge is 2.01. The highest BCUT2D eigenvalue weighted by Crippen LogP contribution is 2.27. The van der Waals surface area contributed by atoms with Crippen molar-refractivity contribution >= 4 is 0 Å². The molecule has 0 aliphatic heterocycles. The molecule has 0 saturated carbocycles. The van der Waals surface area contributed by atoms with Crippen LogP contribution in [0.3, 0.4) is 0 Å². The molecule has 0 heterocycles. The van der Waals surface area contributed by atoms with E-state index in [1.54, 1.807) is 0 Å². The summed E-state index contributed by atoms with van der Waals surface area (Å²) in [5.74, 6) is 3.17. The predicted molar refractivity (Wildman–Crippen MR) is 107 cm³/mol. The first kappa shape index (κ1) is 17.6. The van der Waals surface area contributed by atoms with E-state index >= 15 is 0 Å². The van der Waals surface area contributed by atoms with Gasteiger partial charge in [0.05, 0.1) is 0 Å². The number of ether oxygens (including phenoxy) is 2. The van der Waals surface area contributed by atoms with Crippen molar-refractivity contribution in [3.05, 3.63) is 109 Å². The normalized spacial score (nSPS) is 10.2. The van der Waals surface area contributed by atoms with Gasteiger partial charge in [0.15, 0.2) is 0 Å². The molecular weight excluding hydrogens is 320 g/mol. The van der Waals surface area contributed by atoms with E-state index in [0.29, 0.717) is 0 Å². The molecule has 0 atom stereocenters. The van der Waals surface area contributed by atoms with Crippen LogP contribution >= 0.6 is 0 Å². The lowest BCUT2D eigenvalue weighted by Crippen LogP contribution is -1.88. The number of rotatable bonds is 8. The van der Waals surface area contributed by atoms with E-state index in [1.165, 1.54) is 11.1 Å². The van der Waals surface area contributed by atoms with E-state index in [1.807, 2.05) is 84.9 Å². The van der Waals surface area contributed by atoms with Gasteiger partial charge in [0.2, 0.25) is 0 Å². The summed E-state index contributed by atoms with van der Waals surface area (Å²) in [6, 6.07) is 23.7. The first-order valence-electron chi connectivity index (χ1n) is 8.62. The van der Waals surface area contributed by atoms with Crippen LogP contribution in [0.5, 0.6) is 23.0 Å². The Hall–Kier alpha value is -3.26. The first-order chi connectivity index (χ1) is 12.8. The van der Waals surface area contributed by atoms with E-state index in [9.17, 15) is 0 Å². The van der Waals surface area contributed by atoms with E-state index in [2.05, 4.69) is 13.2 Å². The molecule has 2 heteroatoms. The molecule has 0 N–H and O–H groups in total. The Morgan fingerprint density at radius 1 is 0.500 bits per heavy atom. The Balaban J connectivity index is 1.60. The molecule has 2 nitrogen and oxygen atoms in total. The highest BCUT2D eigenvalue weighted by molar-refractivity contribution is 5.39. The molecular formula is C24H22O2. The molecule has 0 aliphatic carbocycles. The maximum atomic E-state index is 5.87. The summed E-state index contributed by atoms with van der Waals surface area (Å²) in [6.45, 7) is 7.50. The number of hydrogen-bond acceptors (Lipinski definition) is 2. The molecule has 0 saturated heterocycles. The number of benzene rings is 3. The largest absolute Gasteiger partial charge is 0.457 e. The molecule has 3 aromatic rings. The molecule has 0 unspecified atom stereocenters. The second-order valence-corrected chi connectivity index (χ2v) is 5.95. The zero-order valence-electron chi connectivity index (χ0n) is 14.7. The van der Waals surface area contributed by atoms with Gasteiger partial charge < -0.3 is 9.47 Å². The third kappa shape index (κ3) is 4.87. The molecule has 0 spiro atoms. The van der Waals surface area contributed by atoms with Crippen molar-refractivity contribution in [1.29, 1.82) is 0 Å². The summed E-state index contributed by atoms with van der Waals surface area (Å²) in [4.78, 5) is 0. The van der Waals surface area contributed by atoms with Gasteiger partial charge in [-0.2, -0.15) is 0 Å². The minimum absolute atomic E-state index is 0.773. The van der Waals surface area contributed by atoms with E-state index in [4.69, 9.17) is 9.47 Å². The minimum atomic E-state index is 0.773. The van der Waals surface area contributed by atoms with Gasteiger partial charge in [-0.1, -0.05) is 36.4 Å². The molecule has 3 aromatic carbocycles. The zero-order valence-corrected chi connectivity index (χ0v) is 14.7. The van der Waals surface area contributed by atoms with Crippen LogP contribution in [0.25, 0.3) is 0 Å². The smallest absolute Gasteiger partial charge is 0.127 e. The van der Waals surface area contributed by atoms with Gasteiger partial charge >= 0.3 is 0 Å². The fourth-order valence-corrected chi connectivity index (χ4v) is 2.57. The van der Waals surface area contributed by atoms with Gasteiger partial charge in [0.25, 0.3) is 0 Å². The Labute approximate surface area is 155 Å². The van der Waals surface area contributed by atoms with Gasteiger partial charge in [0.1, 0.15) is 23.0 Å². The van der Waals surface area contributed by atoms with E-state index < -0.39 is 0 Å². The van der Waals surface area contributed by atoms with Gasteiger partial charge in [0, 0.05) is 0 Å². The lowest BCUT2D eigenvalue weighted by molar-refractivity contribution is 0.469. The van der Waals surface area contributed by atoms with E-state index in [0.717, 1.165) is 35.8 Å². The van der Waals surface area contributed by atoms with Crippen molar-refractivity contribution in [2.45, 2.75) is 12.8 Å². The van der Waals surface area contributed by atoms with Crippen molar-refractivity contribution in [3.8, 4) is 23.0 Å². The standard InChI is InChI=1S/C24H22O2/c1-3-5-19-7-11-21(12-8-19)25-23-15-17-24(18-16-23)26-22-13-9-20(6-4-2)10-14-22/h3-4,7-18H,1-2,5-6H2. The summed E-state index contributed by atoms with van der Waals surface area (Å²) < 4.78 is 11.7. The van der Waals surface area contributed by atoms with Crippen LogP contribution in [-0.4, -0.2) is 0 Å². The SMILES string of the molecule is C=CCc1ccc(Oc2ccc(Oc3ccc(CC=C)cc3)cc2)cc1. The lowest BCUT2D eigenvalue weighted by atomic mass is 10.1. The quantitative estimate of drug-likeness (QED) is 0.423. The molecule has 0 aromatic heterocycles. The summed E-state index contributed by atoms with van der Waals surface area (Å²) in [6.07, 6.45) is 5.50. The van der Waals surface area contributed by atoms with Gasteiger partial charge in [-0.05, 0) is 72.5 Å². The molecule has 0 aliphatic rings. The molecule has 0 fully saturated rings. The minimum Gasteiger partial charge on any atom is -0.457 e. The fraction of sp³-hybridized carbons (Fsp3) is 0.0833. The van der Waals surface area contributed by atoms with Crippen LogP contribution in [0.1, 0.15) is 11.1 Å². The van der Waals surface area contributed by atoms with Crippen molar-refractivity contribution in [2.24, 2.45) is 0 Å². The van der Waals surface area contributed by atoms with Crippen LogP contribution in [0.2, 0.25) is 0 Å². The van der Waals surface area contributed by atoms with Crippen LogP contribution in [0.4, 0.5) is 0 Å². The Kier molecular flexibility index (Phi) is 5.89. The fourth-order valence-electron chi connectivity index (χ4n) is 2.57. The maximum Gasteiger partial charge on any atom is 0.127 e. The Bertz CT molecular complexity index is 770. The van der Waals surface area contributed by atoms with Crippen LogP contribution in [0.15, 0.2) is 98.1 Å². The third-order valence-corrected chi connectivity index (χ3v) is 3.90. The number of hydrogen-bond donors (Lipinski definition) is 0. The summed E-state index contributed by atoms with van der Waals surface area (Å²) in [5.41, 5.74) is 2.44. The lowest BCUT2D eigenvalue weighted by Gasteiger charge is -2.09. The third-order valence-electron chi connectivity index (χ3n) is 3.90. The van der Waals surface area contributed by atoms with Gasteiger partial charge in [-0.3, -0.25) is 0 Å². The molecule has 26 heavy (non-hydrogen) atoms. The van der Waals surface area contributed by atoms with Crippen LogP contribution in [-0.2, 0) is 12.8 Å². The molecule has 130 valence electrons. The average Bonchev–Trinajstić information content (AvgIpc) is 2.67. The maximum absolute atomic E-state index is 5.87. The second-order valence-electron chi connectivity index (χ2n) is 5.95. The van der Waals surface area contributed by atoms with Crippen molar-refractivity contribution < 1.29 is 9.47 Å². The summed E-state index contributed by atoms with van der Waals surface area (Å²) in [5, 5.41) is 0. The molecule has 0 amide bonds. The second kappa shape index (κ2) is 8.72. The monoisotopic (exact) mass is 342 g/mol. The first-order valence-corrected chi connectivity index (χ1v) is 8.62. The molecule has 0 radical (unpaired) electrons. The van der Waals surface area contributed by atoms with Crippen LogP contribution in [0, 0.1) is 0 Å². The predicted octanol–water partition coefficient (Wildman–Crippen LogP) is 6.73. The van der Waals surface area contributed by atoms with Crippen molar-refractivity contribution in [1.82, 2.24) is 0 Å². The average molecular weight is 342 g/mol. The van der Waals surface area contributed by atoms with Gasteiger partial charge in [-0.25, -0.2) is 0 Å². The van der Waals surface area contributed by atoms with E-state index in [-0.39, 0.29) is 0 Å². The summed E-state index contributed by atoms with van der Waals surface area (Å²) >= 11 is 0. The highest BCUT2D eigenvalue weighted by atomic mass is 16.5. The Morgan fingerprint density at radius 3 is 1.04 bits per heavy atom. The van der Waals surface area contributed by atoms with Crippen molar-refractivity contribution in [2.75, 3.05) is 0 Å². The van der Waals surface area contributed by atoms with Crippen LogP contribution < -0.4 is 9.47 Å². The molecule has 3 rings (SSSR count). The Morgan fingerprint density at radius 2 is 0.769 bits per heavy atom. The summed E-state index contributed by atoms with van der Waals surface area (Å²) in [7, 11) is 0. The van der Waals surface area contributed by atoms with Crippen molar-refractivity contribution in [3.63, 3.8) is 0 Å².